The summed E-state index contributed by atoms with van der Waals surface area (Å²) in [6.45, 7) is 11.2. The Kier molecular flexibility index (Phi) is 6.35. The molecule has 6 heteroatoms. The van der Waals surface area contributed by atoms with Crippen molar-refractivity contribution in [1.82, 2.24) is 0 Å². The van der Waals surface area contributed by atoms with Crippen molar-refractivity contribution in [2.45, 2.75) is 78.6 Å². The van der Waals surface area contributed by atoms with Crippen molar-refractivity contribution in [2.75, 3.05) is 13.7 Å². The number of hydrogen-bond donors (Lipinski definition) is 1. The zero-order valence-electron chi connectivity index (χ0n) is 24.7. The van der Waals surface area contributed by atoms with Crippen molar-refractivity contribution in [3.8, 4) is 5.75 Å². The van der Waals surface area contributed by atoms with Crippen LogP contribution in [0.5, 0.6) is 5.75 Å². The summed E-state index contributed by atoms with van der Waals surface area (Å²) < 4.78 is 17.3. The van der Waals surface area contributed by atoms with Gasteiger partial charge in [-0.15, -0.1) is 0 Å². The molecule has 216 valence electrons. The van der Waals surface area contributed by atoms with E-state index < -0.39 is 16.9 Å². The van der Waals surface area contributed by atoms with Crippen LogP contribution in [0.3, 0.4) is 0 Å². The monoisotopic (exact) mass is 548 g/mol. The van der Waals surface area contributed by atoms with E-state index >= 15 is 0 Å². The Bertz CT molecular complexity index is 1270. The first kappa shape index (κ1) is 27.9. The fourth-order valence-electron chi connectivity index (χ4n) is 10.4. The SMILES string of the molecule is COC1CC(O)(C2CC=C3C2(C)CCC2C3(C)CC(C(=O)Oc3ccccc3)C3C(C)(C)C(=O)C=CC32C)CO1. The second-order valence-corrected chi connectivity index (χ2v) is 14.4. The van der Waals surface area contributed by atoms with Gasteiger partial charge in [-0.2, -0.15) is 0 Å². The molecule has 0 bridgehead atoms. The van der Waals surface area contributed by atoms with Crippen LogP contribution in [0.1, 0.15) is 66.7 Å². The molecule has 0 spiro atoms. The first-order valence-corrected chi connectivity index (χ1v) is 14.9. The lowest BCUT2D eigenvalue weighted by molar-refractivity contribution is -0.172. The number of para-hydroxylation sites is 1. The Morgan fingerprint density at radius 2 is 1.75 bits per heavy atom. The minimum atomic E-state index is -0.956. The number of hydrogen-bond acceptors (Lipinski definition) is 6. The van der Waals surface area contributed by atoms with Gasteiger partial charge in [0.2, 0.25) is 0 Å². The fourth-order valence-corrected chi connectivity index (χ4v) is 10.4. The molecule has 40 heavy (non-hydrogen) atoms. The van der Waals surface area contributed by atoms with E-state index in [1.807, 2.05) is 32.0 Å². The predicted molar refractivity (Wildman–Crippen MR) is 151 cm³/mol. The van der Waals surface area contributed by atoms with Crippen LogP contribution in [-0.2, 0) is 19.1 Å². The molecule has 4 aliphatic carbocycles. The highest BCUT2D eigenvalue weighted by Gasteiger charge is 2.69. The van der Waals surface area contributed by atoms with E-state index in [1.165, 1.54) is 5.57 Å². The average Bonchev–Trinajstić information content (AvgIpc) is 3.47. The molecule has 2 saturated carbocycles. The lowest BCUT2D eigenvalue weighted by Gasteiger charge is -2.66. The minimum absolute atomic E-state index is 0.0214. The highest BCUT2D eigenvalue weighted by Crippen LogP contribution is 2.73. The maximum Gasteiger partial charge on any atom is 0.314 e. The maximum absolute atomic E-state index is 14.1. The summed E-state index contributed by atoms with van der Waals surface area (Å²) in [5.41, 5.74) is -1.15. The second-order valence-electron chi connectivity index (χ2n) is 14.4. The first-order valence-electron chi connectivity index (χ1n) is 14.9. The van der Waals surface area contributed by atoms with E-state index in [2.05, 4.69) is 32.9 Å². The van der Waals surface area contributed by atoms with Gasteiger partial charge in [-0.05, 0) is 72.0 Å². The Hall–Kier alpha value is -2.28. The van der Waals surface area contributed by atoms with E-state index in [9.17, 15) is 14.7 Å². The number of carbonyl (C=O) groups is 2. The third-order valence-corrected chi connectivity index (χ3v) is 12.0. The summed E-state index contributed by atoms with van der Waals surface area (Å²) in [5, 5.41) is 11.9. The van der Waals surface area contributed by atoms with Crippen LogP contribution in [-0.4, -0.2) is 42.5 Å². The number of ether oxygens (including phenoxy) is 3. The number of allylic oxidation sites excluding steroid dienone is 4. The summed E-state index contributed by atoms with van der Waals surface area (Å²) in [4.78, 5) is 27.4. The molecule has 1 saturated heterocycles. The van der Waals surface area contributed by atoms with Gasteiger partial charge in [0.15, 0.2) is 12.1 Å². The van der Waals surface area contributed by atoms with Gasteiger partial charge in [0.25, 0.3) is 0 Å². The summed E-state index contributed by atoms with van der Waals surface area (Å²) in [5.74, 6) is 0.000230. The van der Waals surface area contributed by atoms with E-state index in [-0.39, 0.29) is 58.6 Å². The van der Waals surface area contributed by atoms with Crippen LogP contribution < -0.4 is 4.74 Å². The molecule has 6 nitrogen and oxygen atoms in total. The zero-order chi connectivity index (χ0) is 28.7. The molecular weight excluding hydrogens is 504 g/mol. The number of methoxy groups -OCH3 is 1. The summed E-state index contributed by atoms with van der Waals surface area (Å²) in [6.07, 6.45) is 9.65. The molecular formula is C34H44O6. The maximum atomic E-state index is 14.1. The van der Waals surface area contributed by atoms with Gasteiger partial charge in [0.05, 0.1) is 18.1 Å². The highest BCUT2D eigenvalue weighted by molar-refractivity contribution is 5.96. The molecule has 9 atom stereocenters. The smallest absolute Gasteiger partial charge is 0.314 e. The number of carbonyl (C=O) groups excluding carboxylic acids is 2. The number of benzene rings is 1. The average molecular weight is 549 g/mol. The lowest BCUT2D eigenvalue weighted by Crippen LogP contribution is -2.63. The molecule has 0 radical (unpaired) electrons. The number of fused-ring (bicyclic) bond motifs is 5. The van der Waals surface area contributed by atoms with Crippen LogP contribution in [0.15, 0.2) is 54.1 Å². The van der Waals surface area contributed by atoms with Gasteiger partial charge in [-0.25, -0.2) is 0 Å². The van der Waals surface area contributed by atoms with Crippen molar-refractivity contribution in [2.24, 2.45) is 45.3 Å². The second kappa shape index (κ2) is 9.11. The van der Waals surface area contributed by atoms with Gasteiger partial charge >= 0.3 is 5.97 Å². The van der Waals surface area contributed by atoms with Gasteiger partial charge in [-0.3, -0.25) is 9.59 Å². The third-order valence-electron chi connectivity index (χ3n) is 12.0. The summed E-state index contributed by atoms with van der Waals surface area (Å²) in [7, 11) is 1.63. The fraction of sp³-hybridized carbons (Fsp3) is 0.647. The summed E-state index contributed by atoms with van der Waals surface area (Å²) in [6, 6.07) is 9.24. The molecule has 0 aromatic heterocycles. The predicted octanol–water partition coefficient (Wildman–Crippen LogP) is 5.89. The standard InChI is InChI=1S/C34H44O6/c1-30(2)26(35)15-17-32(4)24-14-16-31(3)23(12-13-25(31)34(37)19-27(38-6)39-20-34)33(24,5)18-22(28(30)32)29(36)40-21-10-8-7-9-11-21/h7-12,15,17,22,24-25,27-28,37H,13-14,16,18-20H2,1-6H3. The normalized spacial score (nSPS) is 45.3. The van der Waals surface area contributed by atoms with Gasteiger partial charge in [-0.1, -0.05) is 70.5 Å². The van der Waals surface area contributed by atoms with Crippen LogP contribution >= 0.6 is 0 Å². The van der Waals surface area contributed by atoms with Crippen molar-refractivity contribution in [3.63, 3.8) is 0 Å². The molecule has 6 rings (SSSR count). The molecule has 1 aromatic carbocycles. The van der Waals surface area contributed by atoms with Crippen LogP contribution in [0.2, 0.25) is 0 Å². The van der Waals surface area contributed by atoms with Crippen molar-refractivity contribution < 1.29 is 28.9 Å². The van der Waals surface area contributed by atoms with Gasteiger partial charge in [0, 0.05) is 24.9 Å². The molecule has 0 amide bonds. The number of aliphatic hydroxyl groups is 1. The number of esters is 1. The zero-order valence-corrected chi connectivity index (χ0v) is 24.7. The molecule has 9 unspecified atom stereocenters. The van der Waals surface area contributed by atoms with Gasteiger partial charge < -0.3 is 19.3 Å². The molecule has 1 N–H and O–H groups in total. The molecule has 3 fully saturated rings. The molecule has 1 heterocycles. The van der Waals surface area contributed by atoms with Crippen molar-refractivity contribution in [3.05, 3.63) is 54.1 Å². The minimum Gasteiger partial charge on any atom is -0.426 e. The first-order chi connectivity index (χ1) is 18.8. The van der Waals surface area contributed by atoms with Crippen LogP contribution in [0.4, 0.5) is 0 Å². The van der Waals surface area contributed by atoms with E-state index in [1.54, 1.807) is 25.3 Å². The van der Waals surface area contributed by atoms with E-state index in [4.69, 9.17) is 14.2 Å². The molecule has 5 aliphatic rings. The van der Waals surface area contributed by atoms with Crippen molar-refractivity contribution in [1.29, 1.82) is 0 Å². The Labute approximate surface area is 238 Å². The molecule has 1 aromatic rings. The van der Waals surface area contributed by atoms with E-state index in [0.717, 1.165) is 19.3 Å². The lowest BCUT2D eigenvalue weighted by atomic mass is 9.37. The van der Waals surface area contributed by atoms with Crippen molar-refractivity contribution >= 4 is 11.8 Å². The third kappa shape index (κ3) is 3.78. The Balaban J connectivity index is 1.41. The topological polar surface area (TPSA) is 82.1 Å². The highest BCUT2D eigenvalue weighted by atomic mass is 16.7. The molecule has 1 aliphatic heterocycles. The number of ketones is 1. The summed E-state index contributed by atoms with van der Waals surface area (Å²) >= 11 is 0. The largest absolute Gasteiger partial charge is 0.426 e. The number of rotatable bonds is 4. The Morgan fingerprint density at radius 3 is 2.42 bits per heavy atom. The van der Waals surface area contributed by atoms with Gasteiger partial charge in [0.1, 0.15) is 5.75 Å². The van der Waals surface area contributed by atoms with Crippen LogP contribution in [0.25, 0.3) is 0 Å². The quantitative estimate of drug-likeness (QED) is 0.287. The van der Waals surface area contributed by atoms with Crippen LogP contribution in [0, 0.1) is 45.3 Å². The van der Waals surface area contributed by atoms with E-state index in [0.29, 0.717) is 18.6 Å². The Morgan fingerprint density at radius 1 is 1.02 bits per heavy atom.